The average molecular weight is 617 g/mol. The Morgan fingerprint density at radius 2 is 1.82 bits per heavy atom. The molecule has 10 heteroatoms. The summed E-state index contributed by atoms with van der Waals surface area (Å²) in [6.45, 7) is 7.52. The van der Waals surface area contributed by atoms with Crippen LogP contribution in [0.3, 0.4) is 0 Å². The third-order valence-electron chi connectivity index (χ3n) is 6.92. The van der Waals surface area contributed by atoms with Crippen molar-refractivity contribution in [1.29, 1.82) is 0 Å². The van der Waals surface area contributed by atoms with Crippen molar-refractivity contribution in [3.63, 3.8) is 0 Å². The summed E-state index contributed by atoms with van der Waals surface area (Å²) in [6, 6.07) is 18.2. The van der Waals surface area contributed by atoms with Crippen molar-refractivity contribution < 1.29 is 28.1 Å². The fourth-order valence-electron chi connectivity index (χ4n) is 4.97. The molecule has 0 spiro atoms. The molecule has 1 aromatic heterocycles. The predicted molar refractivity (Wildman–Crippen MR) is 166 cm³/mol. The van der Waals surface area contributed by atoms with E-state index in [4.69, 9.17) is 18.9 Å². The van der Waals surface area contributed by atoms with Crippen molar-refractivity contribution in [2.24, 2.45) is 4.99 Å². The maximum atomic E-state index is 14.1. The highest BCUT2D eigenvalue weighted by Crippen LogP contribution is 2.36. The number of methoxy groups -OCH3 is 1. The number of ether oxygens (including phenoxy) is 4. The van der Waals surface area contributed by atoms with E-state index < -0.39 is 12.0 Å². The monoisotopic (exact) mass is 616 g/mol. The van der Waals surface area contributed by atoms with E-state index in [1.54, 1.807) is 56.3 Å². The van der Waals surface area contributed by atoms with Crippen LogP contribution in [0.2, 0.25) is 0 Å². The lowest BCUT2D eigenvalue weighted by molar-refractivity contribution is -0.139. The lowest BCUT2D eigenvalue weighted by Gasteiger charge is -2.26. The Morgan fingerprint density at radius 1 is 1.07 bits per heavy atom. The van der Waals surface area contributed by atoms with E-state index in [0.717, 1.165) is 0 Å². The third-order valence-corrected chi connectivity index (χ3v) is 7.90. The fraction of sp³-hybridized carbons (Fsp3) is 0.265. The van der Waals surface area contributed by atoms with Gasteiger partial charge in [-0.1, -0.05) is 53.8 Å². The number of halogens is 1. The van der Waals surface area contributed by atoms with Gasteiger partial charge in [0.1, 0.15) is 24.2 Å². The molecule has 3 aromatic carbocycles. The zero-order valence-corrected chi connectivity index (χ0v) is 25.9. The van der Waals surface area contributed by atoms with Gasteiger partial charge in [0.2, 0.25) is 0 Å². The maximum absolute atomic E-state index is 14.1. The van der Waals surface area contributed by atoms with Gasteiger partial charge in [0, 0.05) is 11.1 Å². The number of thiazole rings is 1. The molecule has 0 amide bonds. The Kier molecular flexibility index (Phi) is 9.29. The van der Waals surface area contributed by atoms with Gasteiger partial charge >= 0.3 is 5.97 Å². The molecule has 0 saturated heterocycles. The van der Waals surface area contributed by atoms with Crippen LogP contribution in [-0.4, -0.2) is 30.4 Å². The lowest BCUT2D eigenvalue weighted by Crippen LogP contribution is -2.40. The number of rotatable bonds is 10. The minimum Gasteiger partial charge on any atom is -0.493 e. The molecule has 0 radical (unpaired) electrons. The number of carbonyl (C=O) groups excluding carboxylic acids is 1. The molecular weight excluding hydrogens is 583 g/mol. The predicted octanol–water partition coefficient (Wildman–Crippen LogP) is 5.31. The minimum absolute atomic E-state index is 0.0329. The summed E-state index contributed by atoms with van der Waals surface area (Å²) < 4.78 is 38.9. The van der Waals surface area contributed by atoms with Crippen LogP contribution in [0.25, 0.3) is 6.08 Å². The molecule has 0 fully saturated rings. The van der Waals surface area contributed by atoms with Crippen LogP contribution in [0.5, 0.6) is 17.2 Å². The van der Waals surface area contributed by atoms with E-state index in [1.165, 1.54) is 29.1 Å². The number of aromatic nitrogens is 1. The lowest BCUT2D eigenvalue weighted by atomic mass is 9.95. The van der Waals surface area contributed by atoms with Gasteiger partial charge < -0.3 is 18.9 Å². The van der Waals surface area contributed by atoms with Gasteiger partial charge in [0.25, 0.3) is 5.56 Å². The van der Waals surface area contributed by atoms with Crippen molar-refractivity contribution in [2.75, 3.05) is 13.7 Å². The summed E-state index contributed by atoms with van der Waals surface area (Å²) in [6.07, 6.45) is 1.61. The van der Waals surface area contributed by atoms with Gasteiger partial charge in [-0.2, -0.15) is 0 Å². The topological polar surface area (TPSA) is 88.4 Å². The first kappa shape index (κ1) is 30.7. The first-order valence-corrected chi connectivity index (χ1v) is 15.0. The second kappa shape index (κ2) is 13.3. The number of carbonyl (C=O) groups is 1. The zero-order chi connectivity index (χ0) is 31.4. The summed E-state index contributed by atoms with van der Waals surface area (Å²) in [4.78, 5) is 32.4. The highest BCUT2D eigenvalue weighted by molar-refractivity contribution is 7.07. The summed E-state index contributed by atoms with van der Waals surface area (Å²) in [5, 5.41) is 0. The number of fused-ring (bicyclic) bond motifs is 1. The molecule has 0 unspecified atom stereocenters. The van der Waals surface area contributed by atoms with Crippen molar-refractivity contribution in [3.05, 3.63) is 120 Å². The second-order valence-electron chi connectivity index (χ2n) is 10.3. The molecule has 2 heterocycles. The van der Waals surface area contributed by atoms with Gasteiger partial charge in [-0.3, -0.25) is 9.36 Å². The van der Waals surface area contributed by atoms with E-state index in [9.17, 15) is 14.0 Å². The molecule has 4 aromatic rings. The quantitative estimate of drug-likeness (QED) is 0.225. The van der Waals surface area contributed by atoms with Gasteiger partial charge in [-0.15, -0.1) is 0 Å². The molecule has 228 valence electrons. The molecule has 0 N–H and O–H groups in total. The standard InChI is InChI=1S/C34H33FN2O6S/c1-6-41-33(39)30-21(4)36-34-37(31(30)24-12-8-10-14-26(24)43-20(2)3)32(38)29(44-34)18-22-15-16-27(28(17-22)40-5)42-19-23-11-7-9-13-25(23)35/h7-18,20,31H,6,19H2,1-5H3/b29-18+/t31-/m1/s1. The van der Waals surface area contributed by atoms with Crippen LogP contribution in [0, 0.1) is 5.82 Å². The van der Waals surface area contributed by atoms with Crippen LogP contribution < -0.4 is 29.1 Å². The van der Waals surface area contributed by atoms with Gasteiger partial charge in [-0.05, 0) is 63.6 Å². The number of hydrogen-bond donors (Lipinski definition) is 0. The van der Waals surface area contributed by atoms with Crippen molar-refractivity contribution in [1.82, 2.24) is 4.57 Å². The van der Waals surface area contributed by atoms with Gasteiger partial charge in [0.15, 0.2) is 16.3 Å². The largest absolute Gasteiger partial charge is 0.493 e. The summed E-state index contributed by atoms with van der Waals surface area (Å²) in [5.74, 6) is 0.542. The molecule has 5 rings (SSSR count). The van der Waals surface area contributed by atoms with Crippen molar-refractivity contribution >= 4 is 23.4 Å². The number of esters is 1. The Bertz CT molecular complexity index is 1910. The summed E-state index contributed by atoms with van der Waals surface area (Å²) in [5.41, 5.74) is 2.21. The van der Waals surface area contributed by atoms with E-state index in [0.29, 0.717) is 49.0 Å². The first-order valence-electron chi connectivity index (χ1n) is 14.2. The van der Waals surface area contributed by atoms with Gasteiger partial charge in [-0.25, -0.2) is 14.2 Å². The number of benzene rings is 3. The van der Waals surface area contributed by atoms with E-state index in [1.807, 2.05) is 38.1 Å². The van der Waals surface area contributed by atoms with Gasteiger partial charge in [0.05, 0.1) is 35.6 Å². The Morgan fingerprint density at radius 3 is 2.55 bits per heavy atom. The van der Waals surface area contributed by atoms with Crippen molar-refractivity contribution in [2.45, 2.75) is 46.4 Å². The zero-order valence-electron chi connectivity index (χ0n) is 25.1. The number of para-hydroxylation sites is 1. The molecule has 1 aliphatic heterocycles. The smallest absolute Gasteiger partial charge is 0.338 e. The van der Waals surface area contributed by atoms with E-state index >= 15 is 0 Å². The van der Waals surface area contributed by atoms with Crippen LogP contribution in [-0.2, 0) is 16.1 Å². The molecule has 0 saturated carbocycles. The Balaban J connectivity index is 1.58. The third kappa shape index (κ3) is 6.30. The second-order valence-corrected chi connectivity index (χ2v) is 11.3. The highest BCUT2D eigenvalue weighted by Gasteiger charge is 2.35. The van der Waals surface area contributed by atoms with Crippen LogP contribution in [0.4, 0.5) is 4.39 Å². The molecule has 0 bridgehead atoms. The van der Waals surface area contributed by atoms with E-state index in [2.05, 4.69) is 4.99 Å². The van der Waals surface area contributed by atoms with Crippen LogP contribution >= 0.6 is 11.3 Å². The Hall–Kier alpha value is -4.70. The Labute approximate surface area is 258 Å². The molecule has 1 atom stereocenters. The van der Waals surface area contributed by atoms with Crippen LogP contribution in [0.1, 0.15) is 50.4 Å². The number of allylic oxidation sites excluding steroid dienone is 1. The molecular formula is C34H33FN2O6S. The minimum atomic E-state index is -0.800. The summed E-state index contributed by atoms with van der Waals surface area (Å²) in [7, 11) is 1.51. The SMILES string of the molecule is CCOC(=O)C1=C(C)N=c2s/c(=C/c3ccc(OCc4ccccc4F)c(OC)c3)c(=O)n2[C@@H]1c1ccccc1OC(C)C. The van der Waals surface area contributed by atoms with E-state index in [-0.39, 0.29) is 36.3 Å². The average Bonchev–Trinajstić information content (AvgIpc) is 3.30. The maximum Gasteiger partial charge on any atom is 0.338 e. The first-order chi connectivity index (χ1) is 21.2. The molecule has 8 nitrogen and oxygen atoms in total. The van der Waals surface area contributed by atoms with Crippen LogP contribution in [0.15, 0.2) is 87.8 Å². The molecule has 1 aliphatic rings. The molecule has 0 aliphatic carbocycles. The number of nitrogens with zero attached hydrogens (tertiary/aromatic N) is 2. The summed E-state index contributed by atoms with van der Waals surface area (Å²) >= 11 is 1.22. The fourth-order valence-corrected chi connectivity index (χ4v) is 6.02. The highest BCUT2D eigenvalue weighted by atomic mass is 32.1. The van der Waals surface area contributed by atoms with Crippen molar-refractivity contribution in [3.8, 4) is 17.2 Å². The normalized spacial score (nSPS) is 14.7. The number of hydrogen-bond acceptors (Lipinski definition) is 8. The molecule has 44 heavy (non-hydrogen) atoms.